The van der Waals surface area contributed by atoms with Crippen LogP contribution in [0.5, 0.6) is 0 Å². The third-order valence-corrected chi connectivity index (χ3v) is 5.38. The lowest BCUT2D eigenvalue weighted by molar-refractivity contribution is 0.264. The van der Waals surface area contributed by atoms with Gasteiger partial charge in [-0.3, -0.25) is 0 Å². The maximum Gasteiger partial charge on any atom is 0.0168 e. The van der Waals surface area contributed by atoms with Crippen LogP contribution in [0, 0.1) is 5.92 Å². The fourth-order valence-corrected chi connectivity index (χ4v) is 4.28. The van der Waals surface area contributed by atoms with Gasteiger partial charge in [-0.05, 0) is 43.8 Å². The summed E-state index contributed by atoms with van der Waals surface area (Å²) in [5.41, 5.74) is 0. The second kappa shape index (κ2) is 6.90. The van der Waals surface area contributed by atoms with E-state index in [0.717, 1.165) is 18.0 Å². The van der Waals surface area contributed by atoms with Crippen molar-refractivity contribution in [3.05, 3.63) is 0 Å². The summed E-state index contributed by atoms with van der Waals surface area (Å²) in [4.78, 5) is 0. The number of hydrogen-bond donors (Lipinski definition) is 1. The van der Waals surface area contributed by atoms with Gasteiger partial charge in [-0.15, -0.1) is 0 Å². The predicted octanol–water partition coefficient (Wildman–Crippen LogP) is 3.83. The molecular formula is C14H27NS. The summed E-state index contributed by atoms with van der Waals surface area (Å²) in [5.74, 6) is 3.79. The van der Waals surface area contributed by atoms with Gasteiger partial charge in [0.2, 0.25) is 0 Å². The summed E-state index contributed by atoms with van der Waals surface area (Å²) < 4.78 is 0. The van der Waals surface area contributed by atoms with E-state index in [1.54, 1.807) is 0 Å². The van der Waals surface area contributed by atoms with Crippen molar-refractivity contribution in [3.8, 4) is 0 Å². The maximum atomic E-state index is 3.87. The highest BCUT2D eigenvalue weighted by molar-refractivity contribution is 7.99. The van der Waals surface area contributed by atoms with E-state index in [2.05, 4.69) is 24.0 Å². The summed E-state index contributed by atoms with van der Waals surface area (Å²) >= 11 is 2.12. The molecule has 0 amide bonds. The average Bonchev–Trinajstić information content (AvgIpc) is 2.81. The molecule has 1 saturated carbocycles. The molecule has 0 aromatic rings. The summed E-state index contributed by atoms with van der Waals surface area (Å²) in [5, 5.41) is 3.87. The number of nitrogens with one attached hydrogen (secondary N) is 1. The molecule has 94 valence electrons. The topological polar surface area (TPSA) is 12.0 Å². The van der Waals surface area contributed by atoms with Gasteiger partial charge >= 0.3 is 0 Å². The molecule has 0 aromatic heterocycles. The van der Waals surface area contributed by atoms with E-state index in [-0.39, 0.29) is 0 Å². The molecule has 1 aliphatic carbocycles. The Kier molecular flexibility index (Phi) is 5.51. The summed E-state index contributed by atoms with van der Waals surface area (Å²) in [7, 11) is 0. The maximum absolute atomic E-state index is 3.87. The number of rotatable bonds is 5. The zero-order valence-corrected chi connectivity index (χ0v) is 11.5. The smallest absolute Gasteiger partial charge is 0.0168 e. The molecule has 1 nitrogen and oxygen atoms in total. The first-order valence-corrected chi connectivity index (χ1v) is 8.37. The molecule has 2 fully saturated rings. The van der Waals surface area contributed by atoms with E-state index in [0.29, 0.717) is 0 Å². The lowest BCUT2D eigenvalue weighted by atomic mass is 9.83. The van der Waals surface area contributed by atoms with Crippen molar-refractivity contribution in [2.75, 3.05) is 11.5 Å². The van der Waals surface area contributed by atoms with Crippen molar-refractivity contribution in [2.24, 2.45) is 5.92 Å². The number of unbranched alkanes of at least 4 members (excludes halogenated alkanes) is 1. The second-order valence-corrected chi connectivity index (χ2v) is 6.74. The standard InChI is InChI=1S/C14H27NS/c1-2-3-4-12-5-7-13(8-6-12)15-14-9-10-16-11-14/h12-15H,2-11H2,1H3. The Balaban J connectivity index is 1.60. The van der Waals surface area contributed by atoms with Crippen molar-refractivity contribution in [3.63, 3.8) is 0 Å². The van der Waals surface area contributed by atoms with Crippen LogP contribution in [0.25, 0.3) is 0 Å². The largest absolute Gasteiger partial charge is 0.310 e. The summed E-state index contributed by atoms with van der Waals surface area (Å²) in [6.07, 6.45) is 11.6. The molecule has 1 atom stereocenters. The molecule has 16 heavy (non-hydrogen) atoms. The van der Waals surface area contributed by atoms with Gasteiger partial charge in [0.15, 0.2) is 0 Å². The van der Waals surface area contributed by atoms with Crippen LogP contribution in [0.4, 0.5) is 0 Å². The van der Waals surface area contributed by atoms with E-state index in [1.165, 1.54) is 62.9 Å². The second-order valence-electron chi connectivity index (χ2n) is 5.59. The summed E-state index contributed by atoms with van der Waals surface area (Å²) in [6, 6.07) is 1.68. The van der Waals surface area contributed by atoms with Gasteiger partial charge in [0.1, 0.15) is 0 Å². The van der Waals surface area contributed by atoms with Crippen LogP contribution in [-0.2, 0) is 0 Å². The molecular weight excluding hydrogens is 214 g/mol. The molecule has 1 aliphatic heterocycles. The van der Waals surface area contributed by atoms with Crippen LogP contribution in [-0.4, -0.2) is 23.6 Å². The first-order chi connectivity index (χ1) is 7.88. The lowest BCUT2D eigenvalue weighted by Gasteiger charge is -2.31. The van der Waals surface area contributed by atoms with E-state index in [9.17, 15) is 0 Å². The first-order valence-electron chi connectivity index (χ1n) is 7.22. The monoisotopic (exact) mass is 241 g/mol. The first kappa shape index (κ1) is 12.8. The highest BCUT2D eigenvalue weighted by Crippen LogP contribution is 2.29. The average molecular weight is 241 g/mol. The van der Waals surface area contributed by atoms with Crippen LogP contribution in [0.2, 0.25) is 0 Å². The molecule has 0 aromatic carbocycles. The summed E-state index contributed by atoms with van der Waals surface area (Å²) in [6.45, 7) is 2.31. The quantitative estimate of drug-likeness (QED) is 0.785. The Morgan fingerprint density at radius 1 is 1.06 bits per heavy atom. The van der Waals surface area contributed by atoms with E-state index >= 15 is 0 Å². The van der Waals surface area contributed by atoms with Gasteiger partial charge in [0, 0.05) is 17.8 Å². The van der Waals surface area contributed by atoms with E-state index in [4.69, 9.17) is 0 Å². The van der Waals surface area contributed by atoms with Gasteiger partial charge in [-0.25, -0.2) is 0 Å². The van der Waals surface area contributed by atoms with Gasteiger partial charge < -0.3 is 5.32 Å². The molecule has 1 unspecified atom stereocenters. The third-order valence-electron chi connectivity index (χ3n) is 4.21. The number of hydrogen-bond acceptors (Lipinski definition) is 2. The molecule has 0 bridgehead atoms. The Hall–Kier alpha value is 0.310. The lowest BCUT2D eigenvalue weighted by Crippen LogP contribution is -2.40. The van der Waals surface area contributed by atoms with E-state index in [1.807, 2.05) is 0 Å². The third kappa shape index (κ3) is 3.96. The van der Waals surface area contributed by atoms with Gasteiger partial charge in [0.25, 0.3) is 0 Å². The zero-order valence-electron chi connectivity index (χ0n) is 10.7. The Morgan fingerprint density at radius 3 is 2.50 bits per heavy atom. The minimum Gasteiger partial charge on any atom is -0.310 e. The van der Waals surface area contributed by atoms with Crippen molar-refractivity contribution in [1.82, 2.24) is 5.32 Å². The van der Waals surface area contributed by atoms with Crippen LogP contribution >= 0.6 is 11.8 Å². The van der Waals surface area contributed by atoms with Crippen molar-refractivity contribution >= 4 is 11.8 Å². The highest BCUT2D eigenvalue weighted by Gasteiger charge is 2.24. The van der Waals surface area contributed by atoms with Crippen LogP contribution in [0.1, 0.15) is 58.3 Å². The van der Waals surface area contributed by atoms with Crippen LogP contribution < -0.4 is 5.32 Å². The molecule has 0 radical (unpaired) electrons. The van der Waals surface area contributed by atoms with Crippen molar-refractivity contribution < 1.29 is 0 Å². The minimum atomic E-state index is 0.835. The predicted molar refractivity (Wildman–Crippen MR) is 74.1 cm³/mol. The van der Waals surface area contributed by atoms with E-state index < -0.39 is 0 Å². The SMILES string of the molecule is CCCCC1CCC(NC2CCSC2)CC1. The Labute approximate surface area is 105 Å². The van der Waals surface area contributed by atoms with Crippen molar-refractivity contribution in [1.29, 1.82) is 0 Å². The zero-order chi connectivity index (χ0) is 11.2. The molecule has 1 heterocycles. The molecule has 2 rings (SSSR count). The van der Waals surface area contributed by atoms with Crippen LogP contribution in [0.3, 0.4) is 0 Å². The molecule has 1 saturated heterocycles. The normalized spacial score (nSPS) is 35.4. The molecule has 0 spiro atoms. The van der Waals surface area contributed by atoms with Gasteiger partial charge in [-0.1, -0.05) is 26.2 Å². The molecule has 1 N–H and O–H groups in total. The van der Waals surface area contributed by atoms with Crippen LogP contribution in [0.15, 0.2) is 0 Å². The fourth-order valence-electron chi connectivity index (χ4n) is 3.11. The van der Waals surface area contributed by atoms with Crippen molar-refractivity contribution in [2.45, 2.75) is 70.4 Å². The van der Waals surface area contributed by atoms with Gasteiger partial charge in [-0.2, -0.15) is 11.8 Å². The molecule has 2 aliphatic rings. The Morgan fingerprint density at radius 2 is 1.88 bits per heavy atom. The van der Waals surface area contributed by atoms with Gasteiger partial charge in [0.05, 0.1) is 0 Å². The highest BCUT2D eigenvalue weighted by atomic mass is 32.2. The minimum absolute atomic E-state index is 0.835. The molecule has 2 heteroatoms. The fraction of sp³-hybridized carbons (Fsp3) is 1.00. The Bertz CT molecular complexity index is 181. The number of thioether (sulfide) groups is 1.